The fourth-order valence-corrected chi connectivity index (χ4v) is 5.21. The number of nitrogens with zero attached hydrogens (tertiary/aromatic N) is 2. The highest BCUT2D eigenvalue weighted by Gasteiger charge is 2.30. The van der Waals surface area contributed by atoms with Gasteiger partial charge in [-0.05, 0) is 60.6 Å². The van der Waals surface area contributed by atoms with E-state index in [1.54, 1.807) is 18.2 Å². The predicted octanol–water partition coefficient (Wildman–Crippen LogP) is 3.47. The molecular formula is C22H18N4O5S2. The van der Waals surface area contributed by atoms with E-state index in [1.165, 1.54) is 34.6 Å². The van der Waals surface area contributed by atoms with Crippen LogP contribution in [-0.4, -0.2) is 30.9 Å². The lowest BCUT2D eigenvalue weighted by atomic mass is 10.2. The third-order valence-corrected chi connectivity index (χ3v) is 7.12. The molecule has 0 fully saturated rings. The second-order valence-electron chi connectivity index (χ2n) is 7.20. The monoisotopic (exact) mass is 482 g/mol. The summed E-state index contributed by atoms with van der Waals surface area (Å²) in [6.45, 7) is 0.384. The Balaban J connectivity index is 1.42. The zero-order valence-corrected chi connectivity index (χ0v) is 18.7. The maximum atomic E-state index is 13.1. The van der Waals surface area contributed by atoms with Crippen LogP contribution < -0.4 is 14.9 Å². The van der Waals surface area contributed by atoms with Gasteiger partial charge in [0.05, 0.1) is 15.5 Å². The fraction of sp³-hybridized carbons (Fsp3) is 0.0909. The van der Waals surface area contributed by atoms with Crippen molar-refractivity contribution in [2.75, 3.05) is 16.2 Å². The first kappa shape index (κ1) is 22.4. The van der Waals surface area contributed by atoms with Crippen molar-refractivity contribution in [1.82, 2.24) is 5.32 Å². The topological polar surface area (TPSA) is 122 Å². The van der Waals surface area contributed by atoms with Crippen molar-refractivity contribution in [2.45, 2.75) is 11.3 Å². The van der Waals surface area contributed by atoms with Crippen molar-refractivity contribution in [3.8, 4) is 0 Å². The summed E-state index contributed by atoms with van der Waals surface area (Å²) in [6, 6.07) is 18.7. The molecule has 1 aliphatic heterocycles. The molecule has 0 aromatic heterocycles. The number of thiocarbonyl (C=S) groups is 1. The highest BCUT2D eigenvalue weighted by molar-refractivity contribution is 7.92. The minimum atomic E-state index is -3.72. The zero-order valence-electron chi connectivity index (χ0n) is 17.1. The van der Waals surface area contributed by atoms with Crippen molar-refractivity contribution in [2.24, 2.45) is 0 Å². The fourth-order valence-electron chi connectivity index (χ4n) is 3.49. The van der Waals surface area contributed by atoms with Gasteiger partial charge in [-0.1, -0.05) is 24.3 Å². The van der Waals surface area contributed by atoms with E-state index in [9.17, 15) is 23.3 Å². The Kier molecular flexibility index (Phi) is 6.07. The van der Waals surface area contributed by atoms with E-state index in [0.29, 0.717) is 24.3 Å². The molecule has 0 spiro atoms. The molecule has 11 heteroatoms. The van der Waals surface area contributed by atoms with Gasteiger partial charge in [-0.15, -0.1) is 0 Å². The molecule has 0 bridgehead atoms. The van der Waals surface area contributed by atoms with E-state index in [4.69, 9.17) is 12.2 Å². The van der Waals surface area contributed by atoms with Gasteiger partial charge in [0.2, 0.25) is 0 Å². The number of carbonyl (C=O) groups is 1. The largest absolute Gasteiger partial charge is 0.332 e. The van der Waals surface area contributed by atoms with E-state index in [-0.39, 0.29) is 21.3 Å². The van der Waals surface area contributed by atoms with Crippen LogP contribution >= 0.6 is 12.2 Å². The smallest absolute Gasteiger partial charge is 0.270 e. The maximum absolute atomic E-state index is 13.1. The molecule has 3 aromatic carbocycles. The Morgan fingerprint density at radius 2 is 1.76 bits per heavy atom. The molecule has 0 aliphatic carbocycles. The Morgan fingerprint density at radius 1 is 1.03 bits per heavy atom. The molecule has 2 N–H and O–H groups in total. The highest BCUT2D eigenvalue weighted by atomic mass is 32.2. The SMILES string of the molecule is O=C(NC(=S)Nc1ccc(S(=O)(=O)N2CCc3ccccc32)cc1)c1cccc([N+](=O)[O-])c1. The first-order valence-electron chi connectivity index (χ1n) is 9.83. The number of para-hydroxylation sites is 1. The number of rotatable bonds is 5. The number of fused-ring (bicyclic) bond motifs is 1. The molecule has 4 rings (SSSR count). The summed E-state index contributed by atoms with van der Waals surface area (Å²) in [5.74, 6) is -0.608. The van der Waals surface area contributed by atoms with Crippen molar-refractivity contribution in [3.63, 3.8) is 0 Å². The van der Waals surface area contributed by atoms with Crippen LogP contribution in [0.3, 0.4) is 0 Å². The van der Waals surface area contributed by atoms with Crippen molar-refractivity contribution in [3.05, 3.63) is 94.0 Å². The van der Waals surface area contributed by atoms with E-state index < -0.39 is 20.9 Å². The standard InChI is InChI=1S/C22H18N4O5S2/c27-21(16-5-3-6-18(14-16)26(28)29)24-22(32)23-17-8-10-19(11-9-17)33(30,31)25-13-12-15-4-1-2-7-20(15)25/h1-11,14H,12-13H2,(H2,23,24,27,32). The van der Waals surface area contributed by atoms with E-state index in [1.807, 2.05) is 18.2 Å². The summed E-state index contributed by atoms with van der Waals surface area (Å²) >= 11 is 5.13. The van der Waals surface area contributed by atoms with E-state index in [0.717, 1.165) is 11.6 Å². The number of nitro groups is 1. The second-order valence-corrected chi connectivity index (χ2v) is 9.47. The molecule has 33 heavy (non-hydrogen) atoms. The predicted molar refractivity (Wildman–Crippen MR) is 128 cm³/mol. The summed E-state index contributed by atoms with van der Waals surface area (Å²) < 4.78 is 27.6. The van der Waals surface area contributed by atoms with E-state index in [2.05, 4.69) is 10.6 Å². The van der Waals surface area contributed by atoms with E-state index >= 15 is 0 Å². The molecular weight excluding hydrogens is 464 g/mol. The lowest BCUT2D eigenvalue weighted by molar-refractivity contribution is -0.384. The molecule has 9 nitrogen and oxygen atoms in total. The highest BCUT2D eigenvalue weighted by Crippen LogP contribution is 2.32. The van der Waals surface area contributed by atoms with Gasteiger partial charge in [-0.3, -0.25) is 24.5 Å². The summed E-state index contributed by atoms with van der Waals surface area (Å²) in [5.41, 5.74) is 2.02. The Hall–Kier alpha value is -3.83. The third-order valence-electron chi connectivity index (χ3n) is 5.09. The van der Waals surface area contributed by atoms with Crippen LogP contribution in [0, 0.1) is 10.1 Å². The first-order valence-corrected chi connectivity index (χ1v) is 11.7. The second kappa shape index (κ2) is 8.96. The minimum Gasteiger partial charge on any atom is -0.332 e. The van der Waals surface area contributed by atoms with Gasteiger partial charge >= 0.3 is 0 Å². The summed E-state index contributed by atoms with van der Waals surface area (Å²) in [7, 11) is -3.72. The number of non-ortho nitro benzene ring substituents is 1. The third kappa shape index (κ3) is 4.69. The summed E-state index contributed by atoms with van der Waals surface area (Å²) in [6.07, 6.45) is 0.660. The number of nitrogens with one attached hydrogen (secondary N) is 2. The van der Waals surface area contributed by atoms with Crippen molar-refractivity contribution in [1.29, 1.82) is 0 Å². The quantitative estimate of drug-likeness (QED) is 0.324. The van der Waals surface area contributed by atoms with Gasteiger partial charge in [0.15, 0.2) is 5.11 Å². The average molecular weight is 483 g/mol. The summed E-state index contributed by atoms with van der Waals surface area (Å²) in [4.78, 5) is 22.7. The minimum absolute atomic E-state index is 0.0319. The summed E-state index contributed by atoms with van der Waals surface area (Å²) in [5, 5.41) is 16.1. The van der Waals surface area contributed by atoms with Crippen LogP contribution in [0.25, 0.3) is 0 Å². The van der Waals surface area contributed by atoms with Crippen LogP contribution in [-0.2, 0) is 16.4 Å². The molecule has 0 radical (unpaired) electrons. The molecule has 0 saturated heterocycles. The number of hydrogen-bond acceptors (Lipinski definition) is 6. The number of amides is 1. The maximum Gasteiger partial charge on any atom is 0.270 e. The first-order chi connectivity index (χ1) is 15.8. The molecule has 1 heterocycles. The number of anilines is 2. The van der Waals surface area contributed by atoms with Crippen molar-refractivity contribution < 1.29 is 18.1 Å². The average Bonchev–Trinajstić information content (AvgIpc) is 3.24. The van der Waals surface area contributed by atoms with Crippen LogP contribution in [0.5, 0.6) is 0 Å². The van der Waals surface area contributed by atoms with Gasteiger partial charge in [-0.25, -0.2) is 8.42 Å². The number of benzene rings is 3. The number of hydrogen-bond donors (Lipinski definition) is 2. The Labute approximate surface area is 195 Å². The van der Waals surface area contributed by atoms with Crippen LogP contribution in [0.15, 0.2) is 77.7 Å². The molecule has 0 unspecified atom stereocenters. The van der Waals surface area contributed by atoms with Gasteiger partial charge in [-0.2, -0.15) is 0 Å². The molecule has 0 atom stereocenters. The molecule has 1 aliphatic rings. The molecule has 3 aromatic rings. The number of carbonyl (C=O) groups excluding carboxylic acids is 1. The van der Waals surface area contributed by atoms with Gasteiger partial charge in [0.25, 0.3) is 21.6 Å². The van der Waals surface area contributed by atoms with Crippen LogP contribution in [0.1, 0.15) is 15.9 Å². The lowest BCUT2D eigenvalue weighted by Crippen LogP contribution is -2.34. The van der Waals surface area contributed by atoms with Crippen LogP contribution in [0.2, 0.25) is 0 Å². The van der Waals surface area contributed by atoms with Gasteiger partial charge in [0.1, 0.15) is 0 Å². The molecule has 1 amide bonds. The van der Waals surface area contributed by atoms with Crippen molar-refractivity contribution >= 4 is 50.3 Å². The zero-order chi connectivity index (χ0) is 23.6. The van der Waals surface area contributed by atoms with Gasteiger partial charge in [0, 0.05) is 29.9 Å². The normalized spacial score (nSPS) is 12.7. The van der Waals surface area contributed by atoms with Gasteiger partial charge < -0.3 is 5.32 Å². The number of sulfonamides is 1. The molecule has 168 valence electrons. The molecule has 0 saturated carbocycles. The number of nitro benzene ring substituents is 1. The Morgan fingerprint density at radius 3 is 2.48 bits per heavy atom. The Bertz CT molecular complexity index is 1360. The van der Waals surface area contributed by atoms with Crippen LogP contribution in [0.4, 0.5) is 17.1 Å². The lowest BCUT2D eigenvalue weighted by Gasteiger charge is -2.19.